The van der Waals surface area contributed by atoms with Crippen molar-refractivity contribution in [2.45, 2.75) is 6.10 Å². The van der Waals surface area contributed by atoms with Gasteiger partial charge in [-0.25, -0.2) is 0 Å². The van der Waals surface area contributed by atoms with Crippen molar-refractivity contribution in [2.24, 2.45) is 0 Å². The molecule has 0 fully saturated rings. The van der Waals surface area contributed by atoms with E-state index in [2.05, 4.69) is 14.9 Å². The Morgan fingerprint density at radius 1 is 1.37 bits per heavy atom. The first-order valence-corrected chi connectivity index (χ1v) is 6.85. The Balaban J connectivity index is 1.97. The smallest absolute Gasteiger partial charge is 0.272 e. The lowest BCUT2D eigenvalue weighted by Gasteiger charge is -2.12. The summed E-state index contributed by atoms with van der Waals surface area (Å²) in [5.41, 5.74) is 0.760. The van der Waals surface area contributed by atoms with E-state index in [0.717, 1.165) is 11.5 Å². The van der Waals surface area contributed by atoms with Gasteiger partial charge in [0.25, 0.3) is 5.91 Å². The van der Waals surface area contributed by atoms with Crippen LogP contribution >= 0.6 is 34.7 Å². The molecule has 0 aliphatic heterocycles. The van der Waals surface area contributed by atoms with Crippen LogP contribution in [-0.4, -0.2) is 27.1 Å². The van der Waals surface area contributed by atoms with Gasteiger partial charge in [-0.15, -0.1) is 5.10 Å². The second-order valence-corrected chi connectivity index (χ2v) is 5.20. The van der Waals surface area contributed by atoms with E-state index in [9.17, 15) is 9.90 Å². The van der Waals surface area contributed by atoms with Crippen LogP contribution in [0.15, 0.2) is 23.6 Å². The monoisotopic (exact) mass is 317 g/mol. The number of aliphatic hydroxyl groups is 1. The van der Waals surface area contributed by atoms with Crippen LogP contribution in [-0.2, 0) is 0 Å². The van der Waals surface area contributed by atoms with Crippen LogP contribution in [0.4, 0.5) is 0 Å². The van der Waals surface area contributed by atoms with Crippen LogP contribution in [0.3, 0.4) is 0 Å². The molecule has 1 unspecified atom stereocenters. The van der Waals surface area contributed by atoms with Gasteiger partial charge in [-0.1, -0.05) is 27.7 Å². The van der Waals surface area contributed by atoms with Crippen LogP contribution in [0.2, 0.25) is 10.0 Å². The number of hydrogen-bond donors (Lipinski definition) is 2. The number of amides is 1. The summed E-state index contributed by atoms with van der Waals surface area (Å²) in [5.74, 6) is -0.388. The molecule has 0 spiro atoms. The zero-order valence-corrected chi connectivity index (χ0v) is 11.8. The van der Waals surface area contributed by atoms with Gasteiger partial charge >= 0.3 is 0 Å². The molecule has 19 heavy (non-hydrogen) atoms. The van der Waals surface area contributed by atoms with Crippen molar-refractivity contribution in [1.82, 2.24) is 14.9 Å². The Morgan fingerprint density at radius 2 is 2.05 bits per heavy atom. The Hall–Kier alpha value is -1.21. The van der Waals surface area contributed by atoms with Crippen molar-refractivity contribution in [1.29, 1.82) is 0 Å². The van der Waals surface area contributed by atoms with Gasteiger partial charge in [-0.3, -0.25) is 4.79 Å². The molecule has 2 N–H and O–H groups in total. The predicted molar refractivity (Wildman–Crippen MR) is 73.7 cm³/mol. The van der Waals surface area contributed by atoms with Crippen LogP contribution in [0.5, 0.6) is 0 Å². The number of nitrogens with one attached hydrogen (secondary N) is 1. The number of aromatic nitrogens is 2. The van der Waals surface area contributed by atoms with Crippen molar-refractivity contribution in [3.8, 4) is 0 Å². The number of rotatable bonds is 4. The van der Waals surface area contributed by atoms with Crippen molar-refractivity contribution >= 4 is 40.6 Å². The van der Waals surface area contributed by atoms with Crippen molar-refractivity contribution < 1.29 is 9.90 Å². The van der Waals surface area contributed by atoms with Crippen LogP contribution in [0.25, 0.3) is 0 Å². The molecule has 0 radical (unpaired) electrons. The number of carbonyl (C=O) groups excluding carboxylic acids is 1. The fourth-order valence-electron chi connectivity index (χ4n) is 1.43. The molecule has 0 aliphatic carbocycles. The zero-order chi connectivity index (χ0) is 13.8. The Morgan fingerprint density at radius 3 is 2.63 bits per heavy atom. The number of carbonyl (C=O) groups is 1. The summed E-state index contributed by atoms with van der Waals surface area (Å²) in [6, 6.07) is 4.75. The van der Waals surface area contributed by atoms with Crippen molar-refractivity contribution in [2.75, 3.05) is 6.54 Å². The fraction of sp³-hybridized carbons (Fsp3) is 0.182. The summed E-state index contributed by atoms with van der Waals surface area (Å²) < 4.78 is 3.59. The standard InChI is InChI=1S/C11H9Cl2N3O2S/c12-7-1-6(2-8(13)3-7)10(17)4-14-11(18)9-5-19-16-15-9/h1-3,5,10,17H,4H2,(H,14,18). The lowest BCUT2D eigenvalue weighted by atomic mass is 10.1. The highest BCUT2D eigenvalue weighted by Crippen LogP contribution is 2.23. The topological polar surface area (TPSA) is 75.1 Å². The highest BCUT2D eigenvalue weighted by molar-refractivity contribution is 7.03. The molecular weight excluding hydrogens is 309 g/mol. The van der Waals surface area contributed by atoms with Crippen LogP contribution < -0.4 is 5.32 Å². The van der Waals surface area contributed by atoms with Gasteiger partial charge in [-0.05, 0) is 35.3 Å². The molecule has 1 aromatic carbocycles. The first kappa shape index (κ1) is 14.2. The number of nitrogens with zero attached hydrogens (tertiary/aromatic N) is 2. The van der Waals surface area contributed by atoms with E-state index in [0.29, 0.717) is 15.6 Å². The minimum Gasteiger partial charge on any atom is -0.387 e. The molecular formula is C11H9Cl2N3O2S. The number of aliphatic hydroxyl groups excluding tert-OH is 1. The minimum atomic E-state index is -0.897. The maximum Gasteiger partial charge on any atom is 0.272 e. The normalized spacial score (nSPS) is 12.2. The molecule has 1 aromatic heterocycles. The van der Waals surface area contributed by atoms with Gasteiger partial charge in [-0.2, -0.15) is 0 Å². The lowest BCUT2D eigenvalue weighted by molar-refractivity contribution is 0.0911. The van der Waals surface area contributed by atoms with Crippen LogP contribution in [0.1, 0.15) is 22.2 Å². The second kappa shape index (κ2) is 6.29. The SMILES string of the molecule is O=C(NCC(O)c1cc(Cl)cc(Cl)c1)c1csnn1. The van der Waals surface area contributed by atoms with E-state index in [4.69, 9.17) is 23.2 Å². The quantitative estimate of drug-likeness (QED) is 0.907. The van der Waals surface area contributed by atoms with Gasteiger partial charge in [0.1, 0.15) is 0 Å². The average molecular weight is 318 g/mol. The van der Waals surface area contributed by atoms with Gasteiger partial charge in [0.2, 0.25) is 0 Å². The number of benzene rings is 1. The number of halogens is 2. The van der Waals surface area contributed by atoms with E-state index < -0.39 is 6.10 Å². The Bertz CT molecular complexity index is 557. The molecule has 100 valence electrons. The van der Waals surface area contributed by atoms with Gasteiger partial charge in [0, 0.05) is 22.0 Å². The fourth-order valence-corrected chi connectivity index (χ4v) is 2.41. The predicted octanol–water partition coefficient (Wildman–Crippen LogP) is 2.31. The molecule has 2 aromatic rings. The molecule has 2 rings (SSSR count). The van der Waals surface area contributed by atoms with E-state index in [1.54, 1.807) is 18.2 Å². The summed E-state index contributed by atoms with van der Waals surface area (Å²) >= 11 is 12.8. The van der Waals surface area contributed by atoms with Crippen LogP contribution in [0, 0.1) is 0 Å². The first-order chi connectivity index (χ1) is 9.06. The van der Waals surface area contributed by atoms with Gasteiger partial charge in [0.15, 0.2) is 5.69 Å². The van der Waals surface area contributed by atoms with E-state index in [-0.39, 0.29) is 18.1 Å². The van der Waals surface area contributed by atoms with E-state index in [1.165, 1.54) is 5.38 Å². The van der Waals surface area contributed by atoms with E-state index in [1.807, 2.05) is 0 Å². The van der Waals surface area contributed by atoms with Gasteiger partial charge < -0.3 is 10.4 Å². The maximum absolute atomic E-state index is 11.6. The first-order valence-electron chi connectivity index (χ1n) is 5.25. The number of hydrogen-bond acceptors (Lipinski definition) is 5. The third-order valence-corrected chi connectivity index (χ3v) is 3.26. The largest absolute Gasteiger partial charge is 0.387 e. The summed E-state index contributed by atoms with van der Waals surface area (Å²) in [7, 11) is 0. The summed E-state index contributed by atoms with van der Waals surface area (Å²) in [6.07, 6.45) is -0.897. The highest BCUT2D eigenvalue weighted by atomic mass is 35.5. The second-order valence-electron chi connectivity index (χ2n) is 3.72. The Labute approximate surface area is 123 Å². The maximum atomic E-state index is 11.6. The molecule has 1 atom stereocenters. The molecule has 8 heteroatoms. The summed E-state index contributed by atoms with van der Waals surface area (Å²) in [5, 5.41) is 18.5. The molecule has 0 saturated heterocycles. The molecule has 5 nitrogen and oxygen atoms in total. The third kappa shape index (κ3) is 3.87. The average Bonchev–Trinajstić information content (AvgIpc) is 2.88. The van der Waals surface area contributed by atoms with Crippen molar-refractivity contribution in [3.63, 3.8) is 0 Å². The molecule has 0 bridgehead atoms. The van der Waals surface area contributed by atoms with Crippen molar-refractivity contribution in [3.05, 3.63) is 44.9 Å². The molecule has 1 amide bonds. The zero-order valence-electron chi connectivity index (χ0n) is 9.51. The molecule has 0 saturated carbocycles. The van der Waals surface area contributed by atoms with Gasteiger partial charge in [0.05, 0.1) is 6.10 Å². The van der Waals surface area contributed by atoms with E-state index >= 15 is 0 Å². The molecule has 0 aliphatic rings. The Kier molecular flexibility index (Phi) is 4.71. The summed E-state index contributed by atoms with van der Waals surface area (Å²) in [4.78, 5) is 11.6. The molecule has 1 heterocycles. The minimum absolute atomic E-state index is 0.0348. The lowest BCUT2D eigenvalue weighted by Crippen LogP contribution is -2.28. The highest BCUT2D eigenvalue weighted by Gasteiger charge is 2.13. The summed E-state index contributed by atoms with van der Waals surface area (Å²) in [6.45, 7) is 0.0348. The third-order valence-electron chi connectivity index (χ3n) is 2.32.